The molecule has 0 spiro atoms. The molecule has 1 aromatic carbocycles. The first-order valence-corrected chi connectivity index (χ1v) is 7.72. The van der Waals surface area contributed by atoms with Crippen LogP contribution in [0.5, 0.6) is 0 Å². The van der Waals surface area contributed by atoms with Crippen molar-refractivity contribution in [3.63, 3.8) is 0 Å². The summed E-state index contributed by atoms with van der Waals surface area (Å²) < 4.78 is 1.13. The number of hydrogen-bond acceptors (Lipinski definition) is 2. The highest BCUT2D eigenvalue weighted by Gasteiger charge is 2.17. The Kier molecular flexibility index (Phi) is 5.07. The Morgan fingerprint density at radius 3 is 2.44 bits per heavy atom. The number of nitrogens with zero attached hydrogens (tertiary/aromatic N) is 1. The molecular weight excluding hydrogens is 288 g/mol. The molecule has 2 N–H and O–H groups in total. The summed E-state index contributed by atoms with van der Waals surface area (Å²) in [6, 6.07) is 7.21. The van der Waals surface area contributed by atoms with Gasteiger partial charge in [-0.05, 0) is 36.6 Å². The normalized spacial score (nSPS) is 17.5. The molecule has 2 rings (SSSR count). The van der Waals surface area contributed by atoms with E-state index < -0.39 is 0 Å². The van der Waals surface area contributed by atoms with Gasteiger partial charge in [-0.15, -0.1) is 0 Å². The van der Waals surface area contributed by atoms with E-state index in [-0.39, 0.29) is 0 Å². The lowest BCUT2D eigenvalue weighted by molar-refractivity contribution is 0.553. The molecule has 0 unspecified atom stereocenters. The van der Waals surface area contributed by atoms with Gasteiger partial charge in [0.1, 0.15) is 0 Å². The van der Waals surface area contributed by atoms with Crippen LogP contribution in [-0.4, -0.2) is 13.1 Å². The molecule has 1 aromatic rings. The van der Waals surface area contributed by atoms with Crippen molar-refractivity contribution in [2.75, 3.05) is 11.9 Å². The average molecular weight is 311 g/mol. The molecule has 0 saturated heterocycles. The molecule has 1 aliphatic carbocycles. The van der Waals surface area contributed by atoms with Crippen LogP contribution in [0.25, 0.3) is 0 Å². The van der Waals surface area contributed by atoms with E-state index in [1.807, 2.05) is 0 Å². The maximum atomic E-state index is 5.75. The van der Waals surface area contributed by atoms with Crippen molar-refractivity contribution in [2.45, 2.75) is 51.1 Å². The summed E-state index contributed by atoms with van der Waals surface area (Å²) in [4.78, 5) is 2.44. The molecule has 2 nitrogen and oxygen atoms in total. The lowest BCUT2D eigenvalue weighted by Gasteiger charge is -2.30. The number of hydrogen-bond donors (Lipinski definition) is 1. The first kappa shape index (κ1) is 13.9. The van der Waals surface area contributed by atoms with E-state index in [0.717, 1.165) is 4.47 Å². The molecule has 1 aliphatic rings. The zero-order valence-electron chi connectivity index (χ0n) is 11.2. The summed E-state index contributed by atoms with van der Waals surface area (Å²) >= 11 is 3.58. The molecule has 100 valence electrons. The van der Waals surface area contributed by atoms with Crippen LogP contribution in [-0.2, 0) is 6.54 Å². The van der Waals surface area contributed by atoms with Gasteiger partial charge in [0.2, 0.25) is 0 Å². The summed E-state index contributed by atoms with van der Waals surface area (Å²) in [5.41, 5.74) is 8.23. The second kappa shape index (κ2) is 6.58. The van der Waals surface area contributed by atoms with Crippen LogP contribution in [0, 0.1) is 0 Å². The average Bonchev–Trinajstić information content (AvgIpc) is 2.65. The standard InChI is InChI=1S/C15H23BrN2/c1-18(14-6-4-2-3-5-7-14)15-9-12(11-17)8-13(16)10-15/h8-10,14H,2-7,11,17H2,1H3. The van der Waals surface area contributed by atoms with Gasteiger partial charge in [-0.3, -0.25) is 0 Å². The Labute approximate surface area is 119 Å². The molecule has 0 bridgehead atoms. The number of anilines is 1. The smallest absolute Gasteiger partial charge is 0.0380 e. The second-order valence-electron chi connectivity index (χ2n) is 5.28. The number of nitrogens with two attached hydrogens (primary N) is 1. The predicted molar refractivity (Wildman–Crippen MR) is 81.9 cm³/mol. The monoisotopic (exact) mass is 310 g/mol. The number of halogens is 1. The van der Waals surface area contributed by atoms with Crippen LogP contribution in [0.2, 0.25) is 0 Å². The van der Waals surface area contributed by atoms with Gasteiger partial charge in [-0.2, -0.15) is 0 Å². The maximum absolute atomic E-state index is 5.75. The van der Waals surface area contributed by atoms with Crippen molar-refractivity contribution in [3.05, 3.63) is 28.2 Å². The molecule has 0 radical (unpaired) electrons. The molecule has 0 amide bonds. The van der Waals surface area contributed by atoms with E-state index in [0.29, 0.717) is 12.6 Å². The van der Waals surface area contributed by atoms with Crippen molar-refractivity contribution in [1.82, 2.24) is 0 Å². The quantitative estimate of drug-likeness (QED) is 0.853. The first-order valence-electron chi connectivity index (χ1n) is 6.93. The topological polar surface area (TPSA) is 29.3 Å². The molecule has 1 fully saturated rings. The van der Waals surface area contributed by atoms with Gasteiger partial charge in [0, 0.05) is 29.8 Å². The summed E-state index contributed by atoms with van der Waals surface area (Å²) in [5, 5.41) is 0. The van der Waals surface area contributed by atoms with Crippen molar-refractivity contribution < 1.29 is 0 Å². The van der Waals surface area contributed by atoms with Crippen LogP contribution in [0.4, 0.5) is 5.69 Å². The highest BCUT2D eigenvalue weighted by Crippen LogP contribution is 2.28. The Morgan fingerprint density at radius 1 is 1.17 bits per heavy atom. The van der Waals surface area contributed by atoms with Crippen molar-refractivity contribution >= 4 is 21.6 Å². The number of benzene rings is 1. The third-order valence-corrected chi connectivity index (χ3v) is 4.42. The van der Waals surface area contributed by atoms with E-state index in [4.69, 9.17) is 5.73 Å². The first-order chi connectivity index (χ1) is 8.70. The van der Waals surface area contributed by atoms with Crippen LogP contribution in [0.3, 0.4) is 0 Å². The molecule has 3 heteroatoms. The minimum absolute atomic E-state index is 0.602. The van der Waals surface area contributed by atoms with Gasteiger partial charge in [0.25, 0.3) is 0 Å². The Bertz CT molecular complexity index is 384. The van der Waals surface area contributed by atoms with Gasteiger partial charge in [-0.1, -0.05) is 41.6 Å². The zero-order chi connectivity index (χ0) is 13.0. The minimum Gasteiger partial charge on any atom is -0.372 e. The van der Waals surface area contributed by atoms with Crippen LogP contribution >= 0.6 is 15.9 Å². The van der Waals surface area contributed by atoms with Crippen LogP contribution < -0.4 is 10.6 Å². The van der Waals surface area contributed by atoms with Crippen molar-refractivity contribution in [3.8, 4) is 0 Å². The molecule has 0 aliphatic heterocycles. The molecule has 0 atom stereocenters. The van der Waals surface area contributed by atoms with E-state index in [1.54, 1.807) is 0 Å². The molecule has 18 heavy (non-hydrogen) atoms. The van der Waals surface area contributed by atoms with E-state index in [9.17, 15) is 0 Å². The fourth-order valence-electron chi connectivity index (χ4n) is 2.81. The SMILES string of the molecule is CN(c1cc(Br)cc(CN)c1)C1CCCCCC1. The lowest BCUT2D eigenvalue weighted by Crippen LogP contribution is -2.31. The Balaban J connectivity index is 2.15. The zero-order valence-corrected chi connectivity index (χ0v) is 12.7. The van der Waals surface area contributed by atoms with Gasteiger partial charge in [0.15, 0.2) is 0 Å². The van der Waals surface area contributed by atoms with E-state index in [1.165, 1.54) is 49.8 Å². The molecule has 0 aromatic heterocycles. The Hall–Kier alpha value is -0.540. The third-order valence-electron chi connectivity index (χ3n) is 3.96. The van der Waals surface area contributed by atoms with Gasteiger partial charge in [-0.25, -0.2) is 0 Å². The van der Waals surface area contributed by atoms with Gasteiger partial charge in [0.05, 0.1) is 0 Å². The minimum atomic E-state index is 0.602. The van der Waals surface area contributed by atoms with E-state index >= 15 is 0 Å². The number of rotatable bonds is 3. The second-order valence-corrected chi connectivity index (χ2v) is 6.19. The summed E-state index contributed by atoms with van der Waals surface area (Å²) in [6.45, 7) is 0.602. The summed E-state index contributed by atoms with van der Waals surface area (Å²) in [7, 11) is 2.22. The molecule has 0 heterocycles. The van der Waals surface area contributed by atoms with E-state index in [2.05, 4.69) is 46.1 Å². The highest BCUT2D eigenvalue weighted by atomic mass is 79.9. The predicted octanol–water partition coefficient (Wildman–Crippen LogP) is 4.07. The Morgan fingerprint density at radius 2 is 1.83 bits per heavy atom. The van der Waals surface area contributed by atoms with Crippen molar-refractivity contribution in [2.24, 2.45) is 5.73 Å². The third kappa shape index (κ3) is 3.48. The largest absolute Gasteiger partial charge is 0.372 e. The van der Waals surface area contributed by atoms with Crippen LogP contribution in [0.15, 0.2) is 22.7 Å². The molecular formula is C15H23BrN2. The summed E-state index contributed by atoms with van der Waals surface area (Å²) in [6.07, 6.45) is 8.18. The fourth-order valence-corrected chi connectivity index (χ4v) is 3.34. The molecule has 1 saturated carbocycles. The fraction of sp³-hybridized carbons (Fsp3) is 0.600. The van der Waals surface area contributed by atoms with Crippen molar-refractivity contribution in [1.29, 1.82) is 0 Å². The lowest BCUT2D eigenvalue weighted by atomic mass is 10.1. The highest BCUT2D eigenvalue weighted by molar-refractivity contribution is 9.10. The maximum Gasteiger partial charge on any atom is 0.0380 e. The van der Waals surface area contributed by atoms with Gasteiger partial charge >= 0.3 is 0 Å². The van der Waals surface area contributed by atoms with Gasteiger partial charge < -0.3 is 10.6 Å². The van der Waals surface area contributed by atoms with Crippen LogP contribution in [0.1, 0.15) is 44.1 Å². The summed E-state index contributed by atoms with van der Waals surface area (Å²) in [5.74, 6) is 0.